The van der Waals surface area contributed by atoms with Crippen LogP contribution >= 0.6 is 0 Å². The highest BCUT2D eigenvalue weighted by molar-refractivity contribution is 5.94. The minimum atomic E-state index is -1.01. The molecule has 21 heavy (non-hydrogen) atoms. The highest BCUT2D eigenvalue weighted by Crippen LogP contribution is 2.20. The van der Waals surface area contributed by atoms with Gasteiger partial charge in [-0.15, -0.1) is 0 Å². The number of aromatic nitrogens is 1. The summed E-state index contributed by atoms with van der Waals surface area (Å²) >= 11 is 0. The number of nitrogens with zero attached hydrogens (tertiary/aromatic N) is 3. The molecular weight excluding hydrogens is 270 g/mol. The van der Waals surface area contributed by atoms with Crippen LogP contribution in [0.25, 0.3) is 0 Å². The zero-order chi connectivity index (χ0) is 15.2. The Balaban J connectivity index is 2.16. The van der Waals surface area contributed by atoms with Gasteiger partial charge in [0, 0.05) is 31.5 Å². The summed E-state index contributed by atoms with van der Waals surface area (Å²) in [6.07, 6.45) is 4.65. The molecule has 0 radical (unpaired) electrons. The van der Waals surface area contributed by atoms with Crippen LogP contribution in [0, 0.1) is 0 Å². The molecule has 114 valence electrons. The second-order valence-corrected chi connectivity index (χ2v) is 5.21. The van der Waals surface area contributed by atoms with Gasteiger partial charge in [-0.3, -0.25) is 14.6 Å². The fourth-order valence-corrected chi connectivity index (χ4v) is 2.56. The predicted octanol–water partition coefficient (Wildman–Crippen LogP) is 1.62. The van der Waals surface area contributed by atoms with Gasteiger partial charge in [-0.05, 0) is 31.4 Å². The summed E-state index contributed by atoms with van der Waals surface area (Å²) < 4.78 is 0. The van der Waals surface area contributed by atoms with Gasteiger partial charge in [-0.1, -0.05) is 6.92 Å². The van der Waals surface area contributed by atoms with Crippen molar-refractivity contribution in [2.45, 2.75) is 26.2 Å². The lowest BCUT2D eigenvalue weighted by atomic mass is 10.2. The van der Waals surface area contributed by atoms with Gasteiger partial charge >= 0.3 is 5.97 Å². The van der Waals surface area contributed by atoms with E-state index in [1.807, 2.05) is 13.0 Å². The van der Waals surface area contributed by atoms with Crippen LogP contribution in [0.5, 0.6) is 0 Å². The molecule has 1 N–H and O–H groups in total. The van der Waals surface area contributed by atoms with Crippen molar-refractivity contribution in [2.24, 2.45) is 0 Å². The minimum absolute atomic E-state index is 0.289. The van der Waals surface area contributed by atoms with E-state index in [4.69, 9.17) is 5.11 Å². The lowest BCUT2D eigenvalue weighted by Crippen LogP contribution is -2.36. The van der Waals surface area contributed by atoms with Crippen LogP contribution in [-0.4, -0.2) is 53.0 Å². The molecule has 1 fully saturated rings. The molecular formula is C15H21N3O3. The molecule has 0 unspecified atom stereocenters. The average Bonchev–Trinajstić information content (AvgIpc) is 3.00. The Hall–Kier alpha value is -2.11. The van der Waals surface area contributed by atoms with Crippen molar-refractivity contribution in [3.05, 3.63) is 24.0 Å². The highest BCUT2D eigenvalue weighted by atomic mass is 16.4. The third-order valence-electron chi connectivity index (χ3n) is 3.54. The maximum Gasteiger partial charge on any atom is 0.323 e. The van der Waals surface area contributed by atoms with Crippen molar-refractivity contribution in [2.75, 3.05) is 31.1 Å². The fraction of sp³-hybridized carbons (Fsp3) is 0.533. The van der Waals surface area contributed by atoms with Crippen molar-refractivity contribution in [1.29, 1.82) is 0 Å². The standard InChI is InChI=1S/C15H21N3O3/c1-2-7-18(11-14(19)20)15(21)13-10-12(5-6-16-13)17-8-3-4-9-17/h5-6,10H,2-4,7-9,11H2,1H3,(H,19,20). The first kappa shape index (κ1) is 15.3. The summed E-state index contributed by atoms with van der Waals surface area (Å²) in [5, 5.41) is 8.91. The van der Waals surface area contributed by atoms with Crippen molar-refractivity contribution in [3.8, 4) is 0 Å². The molecule has 0 aromatic carbocycles. The lowest BCUT2D eigenvalue weighted by molar-refractivity contribution is -0.137. The highest BCUT2D eigenvalue weighted by Gasteiger charge is 2.20. The van der Waals surface area contributed by atoms with Gasteiger partial charge in [0.2, 0.25) is 0 Å². The number of carboxylic acids is 1. The zero-order valence-electron chi connectivity index (χ0n) is 12.3. The third-order valence-corrected chi connectivity index (χ3v) is 3.54. The number of hydrogen-bond donors (Lipinski definition) is 1. The summed E-state index contributed by atoms with van der Waals surface area (Å²) in [4.78, 5) is 31.0. The monoisotopic (exact) mass is 291 g/mol. The smallest absolute Gasteiger partial charge is 0.323 e. The second-order valence-electron chi connectivity index (χ2n) is 5.21. The lowest BCUT2D eigenvalue weighted by Gasteiger charge is -2.21. The SMILES string of the molecule is CCCN(CC(=O)O)C(=O)c1cc(N2CCCC2)ccn1. The number of pyridine rings is 1. The Kier molecular flexibility index (Phi) is 5.14. The molecule has 0 bridgehead atoms. The Morgan fingerprint density at radius 2 is 2.10 bits per heavy atom. The van der Waals surface area contributed by atoms with E-state index >= 15 is 0 Å². The van der Waals surface area contributed by atoms with E-state index in [1.165, 1.54) is 4.90 Å². The van der Waals surface area contributed by atoms with Gasteiger partial charge in [0.25, 0.3) is 5.91 Å². The normalized spacial score (nSPS) is 14.2. The number of carboxylic acid groups (broad SMARTS) is 1. The predicted molar refractivity (Wildman–Crippen MR) is 79.5 cm³/mol. The molecule has 0 aliphatic carbocycles. The van der Waals surface area contributed by atoms with E-state index in [-0.39, 0.29) is 12.5 Å². The van der Waals surface area contributed by atoms with E-state index in [0.29, 0.717) is 18.7 Å². The summed E-state index contributed by atoms with van der Waals surface area (Å²) in [5.41, 5.74) is 1.30. The van der Waals surface area contributed by atoms with Crippen molar-refractivity contribution in [1.82, 2.24) is 9.88 Å². The number of rotatable bonds is 6. The molecule has 2 heterocycles. The molecule has 0 spiro atoms. The van der Waals surface area contributed by atoms with E-state index in [1.54, 1.807) is 12.3 Å². The third kappa shape index (κ3) is 3.93. The molecule has 1 aromatic heterocycles. The van der Waals surface area contributed by atoms with E-state index in [9.17, 15) is 9.59 Å². The Morgan fingerprint density at radius 3 is 2.71 bits per heavy atom. The number of anilines is 1. The van der Waals surface area contributed by atoms with E-state index < -0.39 is 5.97 Å². The molecule has 1 aromatic rings. The van der Waals surface area contributed by atoms with Crippen molar-refractivity contribution in [3.63, 3.8) is 0 Å². The first-order valence-corrected chi connectivity index (χ1v) is 7.34. The quantitative estimate of drug-likeness (QED) is 0.862. The molecule has 0 saturated carbocycles. The molecule has 2 rings (SSSR count). The maximum absolute atomic E-state index is 12.4. The topological polar surface area (TPSA) is 73.7 Å². The number of carbonyl (C=O) groups excluding carboxylic acids is 1. The van der Waals surface area contributed by atoms with Gasteiger partial charge in [0.05, 0.1) is 0 Å². The summed E-state index contributed by atoms with van der Waals surface area (Å²) in [7, 11) is 0. The van der Waals surface area contributed by atoms with Crippen LogP contribution in [0.4, 0.5) is 5.69 Å². The van der Waals surface area contributed by atoms with Crippen LogP contribution in [0.15, 0.2) is 18.3 Å². The molecule has 0 atom stereocenters. The minimum Gasteiger partial charge on any atom is -0.480 e. The van der Waals surface area contributed by atoms with E-state index in [2.05, 4.69) is 9.88 Å². The molecule has 1 saturated heterocycles. The molecule has 6 nitrogen and oxygen atoms in total. The molecule has 1 aliphatic rings. The Labute approximate surface area is 124 Å². The Morgan fingerprint density at radius 1 is 1.38 bits per heavy atom. The van der Waals surface area contributed by atoms with Crippen molar-refractivity contribution < 1.29 is 14.7 Å². The number of aliphatic carboxylic acids is 1. The van der Waals surface area contributed by atoms with Gasteiger partial charge < -0.3 is 14.9 Å². The molecule has 1 aliphatic heterocycles. The average molecular weight is 291 g/mol. The van der Waals surface area contributed by atoms with E-state index in [0.717, 1.165) is 31.6 Å². The Bertz CT molecular complexity index is 513. The van der Waals surface area contributed by atoms with Crippen molar-refractivity contribution >= 4 is 17.6 Å². The van der Waals surface area contributed by atoms with Crippen LogP contribution in [0.1, 0.15) is 36.7 Å². The number of hydrogen-bond acceptors (Lipinski definition) is 4. The summed E-state index contributed by atoms with van der Waals surface area (Å²) in [5.74, 6) is -1.33. The fourth-order valence-electron chi connectivity index (χ4n) is 2.56. The van der Waals surface area contributed by atoms with Gasteiger partial charge in [-0.2, -0.15) is 0 Å². The zero-order valence-corrected chi connectivity index (χ0v) is 12.3. The van der Waals surface area contributed by atoms with Gasteiger partial charge in [0.15, 0.2) is 0 Å². The van der Waals surface area contributed by atoms with Gasteiger partial charge in [-0.25, -0.2) is 0 Å². The first-order chi connectivity index (χ1) is 10.1. The first-order valence-electron chi connectivity index (χ1n) is 7.34. The molecule has 6 heteroatoms. The van der Waals surface area contributed by atoms with Crippen LogP contribution in [0.2, 0.25) is 0 Å². The molecule has 1 amide bonds. The number of amides is 1. The number of carbonyl (C=O) groups is 2. The summed E-state index contributed by atoms with van der Waals surface area (Å²) in [6, 6.07) is 3.65. The van der Waals surface area contributed by atoms with Crippen LogP contribution in [-0.2, 0) is 4.79 Å². The summed E-state index contributed by atoms with van der Waals surface area (Å²) in [6.45, 7) is 4.02. The van der Waals surface area contributed by atoms with Gasteiger partial charge in [0.1, 0.15) is 12.2 Å². The maximum atomic E-state index is 12.4. The van der Waals surface area contributed by atoms with Crippen LogP contribution in [0.3, 0.4) is 0 Å². The second kappa shape index (κ2) is 7.06. The van der Waals surface area contributed by atoms with Crippen LogP contribution < -0.4 is 4.90 Å². The largest absolute Gasteiger partial charge is 0.480 e.